The third kappa shape index (κ3) is 3.33. The maximum atomic E-state index is 10.9. The lowest BCUT2D eigenvalue weighted by molar-refractivity contribution is -0.384. The Labute approximate surface area is 106 Å². The van der Waals surface area contributed by atoms with E-state index in [0.717, 1.165) is 0 Å². The third-order valence-corrected chi connectivity index (χ3v) is 2.93. The number of nitrogens with zero attached hydrogens (tertiary/aromatic N) is 1. The number of nitrogens with one attached hydrogen (secondary N) is 1. The highest BCUT2D eigenvalue weighted by Gasteiger charge is 2.18. The fourth-order valence-electron chi connectivity index (χ4n) is 1.46. The van der Waals surface area contributed by atoms with Crippen molar-refractivity contribution in [3.05, 3.63) is 28.3 Å². The van der Waals surface area contributed by atoms with Gasteiger partial charge in [0.25, 0.3) is 5.69 Å². The number of nitro benzene ring substituents is 1. The summed E-state index contributed by atoms with van der Waals surface area (Å²) in [5.74, 6) is 0.544. The molecule has 18 heavy (non-hydrogen) atoms. The zero-order chi connectivity index (χ0) is 13.7. The molecule has 0 saturated heterocycles. The van der Waals surface area contributed by atoms with Crippen LogP contribution in [0.3, 0.4) is 0 Å². The Bertz CT molecular complexity index is 423. The maximum Gasteiger partial charge on any atom is 0.292 e. The topological polar surface area (TPSA) is 84.6 Å². The van der Waals surface area contributed by atoms with Crippen LogP contribution in [0.25, 0.3) is 0 Å². The fraction of sp³-hybridized carbons (Fsp3) is 0.500. The highest BCUT2D eigenvalue weighted by Crippen LogP contribution is 2.29. The first kappa shape index (κ1) is 14.2. The summed E-state index contributed by atoms with van der Waals surface area (Å²) in [4.78, 5) is 10.5. The van der Waals surface area contributed by atoms with Crippen molar-refractivity contribution in [1.29, 1.82) is 0 Å². The van der Waals surface area contributed by atoms with Crippen LogP contribution in [0, 0.1) is 16.0 Å². The maximum absolute atomic E-state index is 10.9. The van der Waals surface area contributed by atoms with E-state index in [1.807, 2.05) is 13.8 Å². The predicted octanol–water partition coefficient (Wildman–Crippen LogP) is 2.03. The Balaban J connectivity index is 3.00. The molecule has 0 radical (unpaired) electrons. The lowest BCUT2D eigenvalue weighted by atomic mass is 10.0. The van der Waals surface area contributed by atoms with Crippen molar-refractivity contribution in [2.75, 3.05) is 19.0 Å². The molecule has 0 aromatic heterocycles. The molecule has 1 aromatic rings. The quantitative estimate of drug-likeness (QED) is 0.599. The van der Waals surface area contributed by atoms with Gasteiger partial charge in [0, 0.05) is 24.8 Å². The zero-order valence-corrected chi connectivity index (χ0v) is 10.7. The number of ether oxygens (including phenoxy) is 1. The van der Waals surface area contributed by atoms with Crippen LogP contribution in [0.5, 0.6) is 5.75 Å². The Morgan fingerprint density at radius 1 is 1.50 bits per heavy atom. The summed E-state index contributed by atoms with van der Waals surface area (Å²) in [5.41, 5.74) is 0.389. The minimum absolute atomic E-state index is 0.00388. The first-order valence-electron chi connectivity index (χ1n) is 5.69. The van der Waals surface area contributed by atoms with Gasteiger partial charge >= 0.3 is 0 Å². The number of rotatable bonds is 6. The van der Waals surface area contributed by atoms with Gasteiger partial charge in [-0.25, -0.2) is 0 Å². The van der Waals surface area contributed by atoms with E-state index in [4.69, 9.17) is 9.84 Å². The van der Waals surface area contributed by atoms with Gasteiger partial charge in [0.2, 0.25) is 0 Å². The molecule has 0 heterocycles. The molecule has 0 bridgehead atoms. The first-order valence-corrected chi connectivity index (χ1v) is 5.69. The molecule has 0 aliphatic rings. The molecule has 100 valence electrons. The summed E-state index contributed by atoms with van der Waals surface area (Å²) in [5, 5.41) is 23.0. The van der Waals surface area contributed by atoms with Gasteiger partial charge in [0.1, 0.15) is 11.4 Å². The third-order valence-electron chi connectivity index (χ3n) is 2.93. The van der Waals surface area contributed by atoms with Crippen molar-refractivity contribution in [3.63, 3.8) is 0 Å². The van der Waals surface area contributed by atoms with Gasteiger partial charge in [-0.3, -0.25) is 10.1 Å². The molecule has 1 aromatic carbocycles. The molecule has 1 rings (SSSR count). The molecule has 0 aliphatic carbocycles. The van der Waals surface area contributed by atoms with E-state index in [2.05, 4.69) is 5.32 Å². The van der Waals surface area contributed by atoms with Crippen LogP contribution in [0.4, 0.5) is 11.4 Å². The molecule has 0 amide bonds. The highest BCUT2D eigenvalue weighted by atomic mass is 16.6. The number of anilines is 1. The number of aliphatic hydroxyl groups excluding tert-OH is 1. The molecule has 0 aliphatic heterocycles. The number of benzene rings is 1. The van der Waals surface area contributed by atoms with Crippen LogP contribution >= 0.6 is 0 Å². The molecule has 6 nitrogen and oxygen atoms in total. The molecule has 0 fully saturated rings. The van der Waals surface area contributed by atoms with Crippen molar-refractivity contribution in [2.45, 2.75) is 19.9 Å². The summed E-state index contributed by atoms with van der Waals surface area (Å²) in [6.07, 6.45) is 0. The molecule has 2 N–H and O–H groups in total. The van der Waals surface area contributed by atoms with E-state index in [0.29, 0.717) is 11.4 Å². The number of methoxy groups -OCH3 is 1. The van der Waals surface area contributed by atoms with Crippen LogP contribution < -0.4 is 10.1 Å². The summed E-state index contributed by atoms with van der Waals surface area (Å²) in [7, 11) is 1.50. The van der Waals surface area contributed by atoms with E-state index in [1.54, 1.807) is 12.1 Å². The van der Waals surface area contributed by atoms with Gasteiger partial charge in [-0.1, -0.05) is 6.92 Å². The average molecular weight is 254 g/mol. The van der Waals surface area contributed by atoms with Gasteiger partial charge in [-0.15, -0.1) is 0 Å². The van der Waals surface area contributed by atoms with E-state index in [-0.39, 0.29) is 24.3 Å². The van der Waals surface area contributed by atoms with Crippen molar-refractivity contribution in [3.8, 4) is 5.75 Å². The van der Waals surface area contributed by atoms with Gasteiger partial charge in [0.15, 0.2) is 0 Å². The van der Waals surface area contributed by atoms with Crippen molar-refractivity contribution in [1.82, 2.24) is 0 Å². The second-order valence-electron chi connectivity index (χ2n) is 4.23. The summed E-state index contributed by atoms with van der Waals surface area (Å²) >= 11 is 0. The lowest BCUT2D eigenvalue weighted by Gasteiger charge is -2.20. The molecular formula is C12H18N2O4. The normalized spacial score (nSPS) is 13.8. The summed E-state index contributed by atoms with van der Waals surface area (Å²) in [6, 6.07) is 4.44. The number of hydrogen-bond donors (Lipinski definition) is 2. The van der Waals surface area contributed by atoms with Gasteiger partial charge in [0.05, 0.1) is 12.0 Å². The number of hydrogen-bond acceptors (Lipinski definition) is 5. The Kier molecular flexibility index (Phi) is 4.91. The van der Waals surface area contributed by atoms with Gasteiger partial charge in [-0.2, -0.15) is 0 Å². The predicted molar refractivity (Wildman–Crippen MR) is 69.0 cm³/mol. The smallest absolute Gasteiger partial charge is 0.292 e. The molecule has 6 heteroatoms. The van der Waals surface area contributed by atoms with E-state index >= 15 is 0 Å². The van der Waals surface area contributed by atoms with E-state index in [9.17, 15) is 10.1 Å². The van der Waals surface area contributed by atoms with E-state index in [1.165, 1.54) is 13.2 Å². The fourth-order valence-corrected chi connectivity index (χ4v) is 1.46. The molecule has 2 atom stereocenters. The number of nitro groups is 1. The second kappa shape index (κ2) is 6.20. The lowest BCUT2D eigenvalue weighted by Crippen LogP contribution is -2.26. The second-order valence-corrected chi connectivity index (χ2v) is 4.23. The van der Waals surface area contributed by atoms with Crippen LogP contribution in [0.15, 0.2) is 18.2 Å². The van der Waals surface area contributed by atoms with E-state index < -0.39 is 4.92 Å². The van der Waals surface area contributed by atoms with Gasteiger partial charge < -0.3 is 15.2 Å². The molecular weight excluding hydrogens is 236 g/mol. The Morgan fingerprint density at radius 2 is 2.17 bits per heavy atom. The highest BCUT2D eigenvalue weighted by molar-refractivity contribution is 5.64. The zero-order valence-electron chi connectivity index (χ0n) is 10.7. The van der Waals surface area contributed by atoms with Gasteiger partial charge in [-0.05, 0) is 18.9 Å². The molecule has 0 spiro atoms. The minimum atomic E-state index is -0.446. The Morgan fingerprint density at radius 3 is 2.67 bits per heavy atom. The van der Waals surface area contributed by atoms with Crippen molar-refractivity contribution in [2.24, 2.45) is 5.92 Å². The van der Waals surface area contributed by atoms with Crippen LogP contribution in [0.1, 0.15) is 13.8 Å². The summed E-state index contributed by atoms with van der Waals surface area (Å²) < 4.78 is 5.05. The van der Waals surface area contributed by atoms with Crippen LogP contribution in [0.2, 0.25) is 0 Å². The van der Waals surface area contributed by atoms with Crippen LogP contribution in [-0.2, 0) is 0 Å². The minimum Gasteiger partial charge on any atom is -0.497 e. The first-order chi connectivity index (χ1) is 8.49. The van der Waals surface area contributed by atoms with Crippen molar-refractivity contribution >= 4 is 11.4 Å². The van der Waals surface area contributed by atoms with Crippen LogP contribution in [-0.4, -0.2) is 29.8 Å². The molecule has 2 unspecified atom stereocenters. The molecule has 0 saturated carbocycles. The monoisotopic (exact) mass is 254 g/mol. The SMILES string of the molecule is COc1ccc([N+](=O)[O-])c(NC(C)C(C)CO)c1. The largest absolute Gasteiger partial charge is 0.497 e. The standard InChI is InChI=1S/C12H18N2O4/c1-8(7-15)9(2)13-11-6-10(18-3)4-5-12(11)14(16)17/h4-6,8-9,13,15H,7H2,1-3H3. The van der Waals surface area contributed by atoms with Crippen molar-refractivity contribution < 1.29 is 14.8 Å². The number of aliphatic hydroxyl groups is 1. The Hall–Kier alpha value is -1.82. The summed E-state index contributed by atoms with van der Waals surface area (Å²) in [6.45, 7) is 3.75. The average Bonchev–Trinajstić information content (AvgIpc) is 2.37.